The van der Waals surface area contributed by atoms with Gasteiger partial charge in [-0.05, 0) is 85.5 Å². The molecule has 0 aromatic carbocycles. The Bertz CT molecular complexity index is 744. The van der Waals surface area contributed by atoms with Crippen LogP contribution in [-0.2, 0) is 19.1 Å². The predicted molar refractivity (Wildman–Crippen MR) is 147 cm³/mol. The van der Waals surface area contributed by atoms with Crippen LogP contribution in [-0.4, -0.2) is 53.5 Å². The maximum Gasteiger partial charge on any atom is 0.224 e. The van der Waals surface area contributed by atoms with E-state index >= 15 is 0 Å². The average Bonchev–Trinajstić information content (AvgIpc) is 2.52. The second-order valence-corrected chi connectivity index (χ2v) is 14.6. The fraction of sp³-hybridized carbons (Fsp3) is 0.893. The highest BCUT2D eigenvalue weighted by molar-refractivity contribution is 5.82. The molecule has 2 amide bonds. The van der Waals surface area contributed by atoms with E-state index < -0.39 is 33.4 Å². The summed E-state index contributed by atoms with van der Waals surface area (Å²) >= 11 is 0. The Morgan fingerprint density at radius 3 is 1.78 bits per heavy atom. The molecule has 6 N–H and O–H groups in total. The first-order chi connectivity index (χ1) is 15.8. The Hall–Kier alpha value is -1.51. The second-order valence-electron chi connectivity index (χ2n) is 14.6. The van der Waals surface area contributed by atoms with Crippen molar-refractivity contribution in [1.29, 1.82) is 0 Å². The smallest absolute Gasteiger partial charge is 0.224 e. The maximum absolute atomic E-state index is 13.3. The Labute approximate surface area is 220 Å². The molecule has 0 fully saturated rings. The topological polar surface area (TPSA) is 137 Å². The van der Waals surface area contributed by atoms with Crippen LogP contribution in [0.2, 0.25) is 0 Å². The molecule has 0 aromatic rings. The summed E-state index contributed by atoms with van der Waals surface area (Å²) in [6.07, 6.45) is 2.74. The van der Waals surface area contributed by atoms with Crippen molar-refractivity contribution in [2.75, 3.05) is 13.2 Å². The van der Waals surface area contributed by atoms with Gasteiger partial charge in [-0.25, -0.2) is 0 Å². The van der Waals surface area contributed by atoms with Crippen LogP contribution in [0, 0.1) is 16.7 Å². The molecule has 0 saturated carbocycles. The van der Waals surface area contributed by atoms with Gasteiger partial charge in [0, 0.05) is 29.1 Å². The molecule has 0 aromatic heterocycles. The predicted octanol–water partition coefficient (Wildman–Crippen LogP) is 3.70. The van der Waals surface area contributed by atoms with Crippen LogP contribution >= 0.6 is 0 Å². The number of nitrogens with two attached hydrogens (primary N) is 2. The summed E-state index contributed by atoms with van der Waals surface area (Å²) in [6, 6.07) is 0. The lowest BCUT2D eigenvalue weighted by molar-refractivity contribution is -0.137. The summed E-state index contributed by atoms with van der Waals surface area (Å²) in [6.45, 7) is 24.1. The minimum atomic E-state index is -0.632. The number of carbonyl (C=O) groups excluding carboxylic acids is 3. The van der Waals surface area contributed by atoms with Crippen molar-refractivity contribution in [2.24, 2.45) is 28.2 Å². The molecule has 1 unspecified atom stereocenters. The molecule has 0 heterocycles. The van der Waals surface area contributed by atoms with E-state index in [9.17, 15) is 14.4 Å². The molecule has 8 heteroatoms. The van der Waals surface area contributed by atoms with Crippen LogP contribution in [0.3, 0.4) is 0 Å². The fourth-order valence-corrected chi connectivity index (χ4v) is 6.02. The SMILES string of the molecule is CC(C)(N)CCOC(C)(C)CC(=O)NC(C)(C)CC(C)(C)C(C(=O)NCC=O)C(C)(C)CC(C)(C)N. The molecule has 0 aliphatic heterocycles. The van der Waals surface area contributed by atoms with Crippen LogP contribution in [0.4, 0.5) is 0 Å². The first-order valence-electron chi connectivity index (χ1n) is 13.1. The van der Waals surface area contributed by atoms with Gasteiger partial charge in [0.05, 0.1) is 18.6 Å². The van der Waals surface area contributed by atoms with Crippen LogP contribution in [0.5, 0.6) is 0 Å². The number of hydrogen-bond donors (Lipinski definition) is 4. The standard InChI is InChI=1S/C28H56N4O4/c1-23(2,18-26(7,8)30)21(22(35)31-14-15-33)24(3,4)19-27(9,10)32-20(34)17-28(11,12)36-16-13-25(5,6)29/h15,21H,13-14,16-19,29-30H2,1-12H3,(H,31,35)(H,32,34). The van der Waals surface area contributed by atoms with E-state index in [2.05, 4.69) is 10.6 Å². The summed E-state index contributed by atoms with van der Waals surface area (Å²) in [4.78, 5) is 37.3. The number of aldehydes is 1. The van der Waals surface area contributed by atoms with Crippen LogP contribution in [0.25, 0.3) is 0 Å². The Kier molecular flexibility index (Phi) is 11.8. The van der Waals surface area contributed by atoms with Gasteiger partial charge < -0.3 is 31.6 Å². The average molecular weight is 513 g/mol. The number of ether oxygens (including phenoxy) is 1. The number of carbonyl (C=O) groups is 3. The lowest BCUT2D eigenvalue weighted by atomic mass is 9.58. The second kappa shape index (κ2) is 12.4. The minimum absolute atomic E-state index is 0.0376. The molecular formula is C28H56N4O4. The van der Waals surface area contributed by atoms with Gasteiger partial charge in [0.25, 0.3) is 0 Å². The van der Waals surface area contributed by atoms with Crippen molar-refractivity contribution in [3.8, 4) is 0 Å². The molecule has 212 valence electrons. The molecule has 0 saturated heterocycles. The first-order valence-corrected chi connectivity index (χ1v) is 13.1. The van der Waals surface area contributed by atoms with Gasteiger partial charge in [0.15, 0.2) is 0 Å². The Balaban J connectivity index is 5.61. The highest BCUT2D eigenvalue weighted by Crippen LogP contribution is 2.48. The van der Waals surface area contributed by atoms with Crippen molar-refractivity contribution < 1.29 is 19.1 Å². The van der Waals surface area contributed by atoms with E-state index in [1.54, 1.807) is 0 Å². The zero-order chi connectivity index (χ0) is 28.8. The van der Waals surface area contributed by atoms with Crippen LogP contribution in [0.1, 0.15) is 109 Å². The van der Waals surface area contributed by atoms with Crippen molar-refractivity contribution in [3.63, 3.8) is 0 Å². The fourth-order valence-electron chi connectivity index (χ4n) is 6.02. The van der Waals surface area contributed by atoms with Crippen molar-refractivity contribution >= 4 is 18.1 Å². The third-order valence-electron chi connectivity index (χ3n) is 6.30. The Morgan fingerprint density at radius 1 is 0.833 bits per heavy atom. The van der Waals surface area contributed by atoms with Gasteiger partial charge in [-0.1, -0.05) is 27.7 Å². The molecule has 0 spiro atoms. The highest BCUT2D eigenvalue weighted by Gasteiger charge is 2.48. The molecule has 0 aliphatic rings. The number of amides is 2. The molecule has 36 heavy (non-hydrogen) atoms. The van der Waals surface area contributed by atoms with E-state index in [1.807, 2.05) is 83.1 Å². The van der Waals surface area contributed by atoms with Crippen molar-refractivity contribution in [3.05, 3.63) is 0 Å². The third kappa shape index (κ3) is 13.7. The van der Waals surface area contributed by atoms with Crippen LogP contribution in [0.15, 0.2) is 0 Å². The van der Waals surface area contributed by atoms with Gasteiger partial charge in [-0.15, -0.1) is 0 Å². The quantitative estimate of drug-likeness (QED) is 0.233. The summed E-state index contributed by atoms with van der Waals surface area (Å²) in [5.74, 6) is -0.735. The van der Waals surface area contributed by atoms with Crippen LogP contribution < -0.4 is 22.1 Å². The number of nitrogens with one attached hydrogen (secondary N) is 2. The summed E-state index contributed by atoms with van der Waals surface area (Å²) in [7, 11) is 0. The van der Waals surface area contributed by atoms with E-state index in [-0.39, 0.29) is 30.3 Å². The van der Waals surface area contributed by atoms with E-state index in [4.69, 9.17) is 16.2 Å². The van der Waals surface area contributed by atoms with Crippen molar-refractivity contribution in [2.45, 2.75) is 131 Å². The summed E-state index contributed by atoms with van der Waals surface area (Å²) < 4.78 is 5.96. The third-order valence-corrected chi connectivity index (χ3v) is 6.30. The molecule has 0 radical (unpaired) electrons. The van der Waals surface area contributed by atoms with E-state index in [1.165, 1.54) is 0 Å². The van der Waals surface area contributed by atoms with E-state index in [0.717, 1.165) is 0 Å². The molecule has 1 atom stereocenters. The molecule has 0 bridgehead atoms. The van der Waals surface area contributed by atoms with Gasteiger partial charge in [0.1, 0.15) is 6.29 Å². The molecule has 8 nitrogen and oxygen atoms in total. The maximum atomic E-state index is 13.3. The monoisotopic (exact) mass is 512 g/mol. The Morgan fingerprint density at radius 2 is 1.33 bits per heavy atom. The van der Waals surface area contributed by atoms with E-state index in [0.29, 0.717) is 32.2 Å². The number of rotatable bonds is 16. The van der Waals surface area contributed by atoms with Gasteiger partial charge in [-0.3, -0.25) is 9.59 Å². The van der Waals surface area contributed by atoms with Gasteiger partial charge in [0.2, 0.25) is 11.8 Å². The zero-order valence-corrected chi connectivity index (χ0v) is 25.2. The zero-order valence-electron chi connectivity index (χ0n) is 25.2. The largest absolute Gasteiger partial charge is 0.375 e. The van der Waals surface area contributed by atoms with Gasteiger partial charge >= 0.3 is 0 Å². The number of hydrogen-bond acceptors (Lipinski definition) is 6. The lowest BCUT2D eigenvalue weighted by Gasteiger charge is -2.48. The molecule has 0 aliphatic carbocycles. The minimum Gasteiger partial charge on any atom is -0.375 e. The summed E-state index contributed by atoms with van der Waals surface area (Å²) in [5, 5.41) is 5.91. The normalized spacial score (nSPS) is 14.8. The van der Waals surface area contributed by atoms with Crippen molar-refractivity contribution in [1.82, 2.24) is 10.6 Å². The highest BCUT2D eigenvalue weighted by atomic mass is 16.5. The lowest BCUT2D eigenvalue weighted by Crippen LogP contribution is -2.55. The molecule has 0 rings (SSSR count). The first kappa shape index (κ1) is 34.5. The summed E-state index contributed by atoms with van der Waals surface area (Å²) in [5.41, 5.74) is 9.39. The van der Waals surface area contributed by atoms with Gasteiger partial charge in [-0.2, -0.15) is 0 Å². The molecular weight excluding hydrogens is 456 g/mol.